The molecule has 12 aromatic rings. The first-order valence-electron chi connectivity index (χ1n) is 20.1. The number of hydrogen-bond acceptors (Lipinski definition) is 3. The number of hydrogen-bond donors (Lipinski definition) is 0. The Kier molecular flexibility index (Phi) is 7.75. The maximum absolute atomic E-state index is 6.23. The fraction of sp³-hybridized carbons (Fsp3) is 0. The zero-order valence-corrected chi connectivity index (χ0v) is 32.8. The summed E-state index contributed by atoms with van der Waals surface area (Å²) in [6, 6.07) is 77.1. The van der Waals surface area contributed by atoms with E-state index in [9.17, 15) is 0 Å². The van der Waals surface area contributed by atoms with Crippen molar-refractivity contribution in [2.45, 2.75) is 0 Å². The molecule has 3 heteroatoms. The van der Waals surface area contributed by atoms with Gasteiger partial charge in [-0.1, -0.05) is 152 Å². The lowest BCUT2D eigenvalue weighted by Crippen LogP contribution is -2.10. The Morgan fingerprint density at radius 1 is 0.339 bits per heavy atom. The standard InChI is InChI=1S/C56H35NOS/c1-2-13-36(14-3-1)50-35-41(30-31-43(50)39-27-32-54-51(34-39)46-19-8-10-23-53(46)58-54)57(52-22-12-21-48-47-20-9-11-24-55(47)59-56(48)52)40-28-25-37(26-29-40)49-33-38-15-4-5-16-42(38)44-17-6-7-18-45(44)49/h1-35H. The van der Waals surface area contributed by atoms with Crippen LogP contribution < -0.4 is 4.90 Å². The highest BCUT2D eigenvalue weighted by molar-refractivity contribution is 7.26. The summed E-state index contributed by atoms with van der Waals surface area (Å²) in [7, 11) is 0. The van der Waals surface area contributed by atoms with Crippen molar-refractivity contribution in [3.05, 3.63) is 212 Å². The zero-order chi connectivity index (χ0) is 38.9. The van der Waals surface area contributed by atoms with Crippen LogP contribution in [0.5, 0.6) is 0 Å². The Balaban J connectivity index is 1.06. The predicted molar refractivity (Wildman–Crippen MR) is 253 cm³/mol. The second kappa shape index (κ2) is 13.6. The van der Waals surface area contributed by atoms with Crippen molar-refractivity contribution in [2.75, 3.05) is 4.90 Å². The number of para-hydroxylation sites is 1. The van der Waals surface area contributed by atoms with E-state index in [0.29, 0.717) is 0 Å². The van der Waals surface area contributed by atoms with Crippen LogP contribution in [-0.4, -0.2) is 0 Å². The van der Waals surface area contributed by atoms with E-state index in [4.69, 9.17) is 4.42 Å². The normalized spacial score (nSPS) is 11.7. The molecule has 0 fully saturated rings. The average molecular weight is 770 g/mol. The van der Waals surface area contributed by atoms with E-state index in [-0.39, 0.29) is 0 Å². The van der Waals surface area contributed by atoms with E-state index in [1.54, 1.807) is 0 Å². The largest absolute Gasteiger partial charge is 0.456 e. The summed E-state index contributed by atoms with van der Waals surface area (Å²) in [6.07, 6.45) is 0. The number of rotatable bonds is 6. The third-order valence-corrected chi connectivity index (χ3v) is 13.1. The van der Waals surface area contributed by atoms with Crippen molar-refractivity contribution >= 4 is 92.1 Å². The molecule has 0 saturated heterocycles. The lowest BCUT2D eigenvalue weighted by Gasteiger charge is -2.27. The minimum absolute atomic E-state index is 0.899. The SMILES string of the molecule is c1ccc(-c2cc(N(c3ccc(-c4cc5ccccc5c5ccccc45)cc3)c3cccc4c3sc3ccccc34)ccc2-c2ccc3oc4ccccc4c3c2)cc1. The molecule has 0 radical (unpaired) electrons. The van der Waals surface area contributed by atoms with E-state index >= 15 is 0 Å². The van der Waals surface area contributed by atoms with Gasteiger partial charge in [-0.2, -0.15) is 0 Å². The van der Waals surface area contributed by atoms with E-state index < -0.39 is 0 Å². The Hall–Kier alpha value is -7.46. The zero-order valence-electron chi connectivity index (χ0n) is 32.0. The second-order valence-corrected chi connectivity index (χ2v) is 16.3. The number of furan rings is 1. The minimum atomic E-state index is 0.899. The molecule has 276 valence electrons. The van der Waals surface area contributed by atoms with Gasteiger partial charge in [-0.05, 0) is 116 Å². The lowest BCUT2D eigenvalue weighted by molar-refractivity contribution is 0.669. The molecule has 12 rings (SSSR count). The Morgan fingerprint density at radius 3 is 1.85 bits per heavy atom. The molecule has 0 aliphatic carbocycles. The Labute approximate surface area is 345 Å². The second-order valence-electron chi connectivity index (χ2n) is 15.2. The van der Waals surface area contributed by atoms with Gasteiger partial charge in [0.15, 0.2) is 0 Å². The first kappa shape index (κ1) is 33.7. The lowest BCUT2D eigenvalue weighted by atomic mass is 9.92. The monoisotopic (exact) mass is 769 g/mol. The molecule has 2 aromatic heterocycles. The van der Waals surface area contributed by atoms with Crippen LogP contribution in [0.25, 0.3) is 97.0 Å². The molecule has 0 bridgehead atoms. The molecule has 0 saturated carbocycles. The maximum Gasteiger partial charge on any atom is 0.135 e. The van der Waals surface area contributed by atoms with E-state index in [1.807, 2.05) is 23.5 Å². The van der Waals surface area contributed by atoms with E-state index in [2.05, 4.69) is 205 Å². The molecular weight excluding hydrogens is 735 g/mol. The average Bonchev–Trinajstić information content (AvgIpc) is 3.88. The molecule has 0 aliphatic rings. The molecular formula is C56H35NOS. The molecule has 10 aromatic carbocycles. The molecule has 2 heterocycles. The van der Waals surface area contributed by atoms with Crippen LogP contribution in [0.1, 0.15) is 0 Å². The number of benzene rings is 10. The number of anilines is 3. The fourth-order valence-electron chi connectivity index (χ4n) is 9.09. The minimum Gasteiger partial charge on any atom is -0.456 e. The smallest absolute Gasteiger partial charge is 0.135 e. The Bertz CT molecular complexity index is 3560. The third-order valence-electron chi connectivity index (χ3n) is 11.9. The highest BCUT2D eigenvalue weighted by Crippen LogP contribution is 2.47. The molecule has 59 heavy (non-hydrogen) atoms. The van der Waals surface area contributed by atoms with Crippen LogP contribution in [-0.2, 0) is 0 Å². The van der Waals surface area contributed by atoms with Crippen LogP contribution in [0.4, 0.5) is 17.1 Å². The van der Waals surface area contributed by atoms with Gasteiger partial charge in [-0.25, -0.2) is 0 Å². The number of thiophene rings is 1. The highest BCUT2D eigenvalue weighted by atomic mass is 32.1. The van der Waals surface area contributed by atoms with Gasteiger partial charge in [0.2, 0.25) is 0 Å². The van der Waals surface area contributed by atoms with Crippen molar-refractivity contribution in [1.82, 2.24) is 0 Å². The third kappa shape index (κ3) is 5.55. The molecule has 0 aliphatic heterocycles. The van der Waals surface area contributed by atoms with Crippen molar-refractivity contribution in [1.29, 1.82) is 0 Å². The van der Waals surface area contributed by atoms with Crippen LogP contribution in [0.3, 0.4) is 0 Å². The van der Waals surface area contributed by atoms with Gasteiger partial charge in [-0.3, -0.25) is 0 Å². The quantitative estimate of drug-likeness (QED) is 0.157. The van der Waals surface area contributed by atoms with Gasteiger partial charge in [0.25, 0.3) is 0 Å². The molecule has 0 unspecified atom stereocenters. The van der Waals surface area contributed by atoms with Crippen LogP contribution in [0.2, 0.25) is 0 Å². The first-order valence-corrected chi connectivity index (χ1v) is 20.9. The molecule has 0 amide bonds. The van der Waals surface area contributed by atoms with Crippen LogP contribution in [0.15, 0.2) is 217 Å². The maximum atomic E-state index is 6.23. The summed E-state index contributed by atoms with van der Waals surface area (Å²) in [5.41, 5.74) is 12.2. The van der Waals surface area contributed by atoms with Gasteiger partial charge in [0.1, 0.15) is 11.2 Å². The summed E-state index contributed by atoms with van der Waals surface area (Å²) in [5, 5.41) is 9.87. The van der Waals surface area contributed by atoms with Crippen LogP contribution in [0, 0.1) is 0 Å². The molecule has 0 N–H and O–H groups in total. The van der Waals surface area contributed by atoms with Gasteiger partial charge in [-0.15, -0.1) is 11.3 Å². The summed E-state index contributed by atoms with van der Waals surface area (Å²) >= 11 is 1.86. The van der Waals surface area contributed by atoms with Crippen molar-refractivity contribution in [3.8, 4) is 33.4 Å². The van der Waals surface area contributed by atoms with E-state index in [0.717, 1.165) is 44.6 Å². The highest BCUT2D eigenvalue weighted by Gasteiger charge is 2.21. The van der Waals surface area contributed by atoms with Crippen molar-refractivity contribution in [3.63, 3.8) is 0 Å². The number of fused-ring (bicyclic) bond motifs is 9. The Morgan fingerprint density at radius 2 is 0.983 bits per heavy atom. The van der Waals surface area contributed by atoms with Gasteiger partial charge >= 0.3 is 0 Å². The van der Waals surface area contributed by atoms with Crippen LogP contribution >= 0.6 is 11.3 Å². The molecule has 2 nitrogen and oxygen atoms in total. The summed E-state index contributed by atoms with van der Waals surface area (Å²) in [6.45, 7) is 0. The number of nitrogens with zero attached hydrogens (tertiary/aromatic N) is 1. The van der Waals surface area contributed by atoms with Gasteiger partial charge < -0.3 is 9.32 Å². The summed E-state index contributed by atoms with van der Waals surface area (Å²) in [5.74, 6) is 0. The summed E-state index contributed by atoms with van der Waals surface area (Å²) < 4.78 is 8.79. The predicted octanol–water partition coefficient (Wildman–Crippen LogP) is 16.7. The summed E-state index contributed by atoms with van der Waals surface area (Å²) in [4.78, 5) is 2.45. The first-order chi connectivity index (χ1) is 29.2. The van der Waals surface area contributed by atoms with Crippen molar-refractivity contribution < 1.29 is 4.42 Å². The van der Waals surface area contributed by atoms with Gasteiger partial charge in [0, 0.05) is 37.6 Å². The van der Waals surface area contributed by atoms with Gasteiger partial charge in [0.05, 0.1) is 10.4 Å². The van der Waals surface area contributed by atoms with Crippen molar-refractivity contribution in [2.24, 2.45) is 0 Å². The molecule has 0 atom stereocenters. The molecule has 0 spiro atoms. The van der Waals surface area contributed by atoms with E-state index in [1.165, 1.54) is 69.5 Å². The topological polar surface area (TPSA) is 16.4 Å². The fourth-order valence-corrected chi connectivity index (χ4v) is 10.3.